The molecule has 19 heteroatoms. The highest BCUT2D eigenvalue weighted by molar-refractivity contribution is 8.00. The van der Waals surface area contributed by atoms with Gasteiger partial charge in [0.25, 0.3) is 0 Å². The standard InChI is InChI=1S/C54H92NO16PS/c1-3-5-7-9-11-13-15-17-18-19-20-21-22-23-25-27-29-31-33-38-47(59)68-39-42(40-69-72(66,67)71-53-51(63)49(61)48(60)50(62)52(53)64)70-54(65)43(55)41-73-45(44(56)35-34-37-46(57)58)36-32-30-28-26-24-16-14-12-10-8-6-4-2/h11-14,17-18,24,26,28,30,32,36,42-45,48-53,56,60-64H,3-10,15-16,19-23,25,27,29,31,33-35,37-41,55H2,1-2H3,(H,57,58)(H,66,67)/b13-11-,14-12-,18-17-,26-24-,30-28+,36-32+/t42-,43+,44+,45-,48?,49-,50+,51-,52-,53?/m1/s1. The molecule has 0 saturated heterocycles. The zero-order valence-corrected chi connectivity index (χ0v) is 45.3. The largest absolute Gasteiger partial charge is 0.481 e. The van der Waals surface area contributed by atoms with Crippen LogP contribution in [0.5, 0.6) is 0 Å². The number of esters is 2. The fourth-order valence-electron chi connectivity index (χ4n) is 7.57. The maximum Gasteiger partial charge on any atom is 0.472 e. The molecule has 0 aromatic heterocycles. The minimum absolute atomic E-state index is 0.0567. The van der Waals surface area contributed by atoms with Gasteiger partial charge in [-0.15, -0.1) is 11.8 Å². The molecule has 0 spiro atoms. The third-order valence-corrected chi connectivity index (χ3v) is 14.4. The van der Waals surface area contributed by atoms with Gasteiger partial charge in [-0.1, -0.05) is 157 Å². The summed E-state index contributed by atoms with van der Waals surface area (Å²) in [6.07, 6.45) is 31.0. The molecule has 0 radical (unpaired) electrons. The Balaban J connectivity index is 2.82. The highest BCUT2D eigenvalue weighted by atomic mass is 32.2. The lowest BCUT2D eigenvalue weighted by Crippen LogP contribution is -2.64. The SMILES string of the molecule is CCCCC/C=C\C\C=C/C=C/C=C/[C@@H](SC[C@H](N)C(=O)O[C@H](COC(=O)CCCCCCCCCCC/C=C\C/C=C\CCCCC)COP(=O)(O)OC1[C@H](O)[C@H](O)C(O)[C@H](O)[C@H]1O)[C@@H](O)CCCC(=O)O. The van der Waals surface area contributed by atoms with E-state index < -0.39 is 99.1 Å². The van der Waals surface area contributed by atoms with E-state index in [4.69, 9.17) is 29.4 Å². The number of aliphatic carboxylic acids is 1. The average Bonchev–Trinajstić information content (AvgIpc) is 3.36. The lowest BCUT2D eigenvalue weighted by molar-refractivity contribution is -0.220. The van der Waals surface area contributed by atoms with Gasteiger partial charge in [0.15, 0.2) is 6.10 Å². The molecule has 11 atom stereocenters. The van der Waals surface area contributed by atoms with Gasteiger partial charge in [-0.3, -0.25) is 23.4 Å². The van der Waals surface area contributed by atoms with E-state index in [1.165, 1.54) is 57.8 Å². The molecular weight excluding hydrogens is 982 g/mol. The molecule has 0 aliphatic heterocycles. The monoisotopic (exact) mass is 1070 g/mol. The number of nitrogens with two attached hydrogens (primary N) is 1. The molecule has 17 nitrogen and oxygen atoms in total. The zero-order valence-electron chi connectivity index (χ0n) is 43.6. The van der Waals surface area contributed by atoms with Gasteiger partial charge in [0.1, 0.15) is 49.3 Å². The number of unbranched alkanes of at least 4 members (excludes halogenated alkanes) is 15. The van der Waals surface area contributed by atoms with Crippen LogP contribution in [0.2, 0.25) is 0 Å². The van der Waals surface area contributed by atoms with Crippen LogP contribution >= 0.6 is 19.6 Å². The van der Waals surface area contributed by atoms with Gasteiger partial charge in [-0.25, -0.2) is 4.57 Å². The van der Waals surface area contributed by atoms with Crippen LogP contribution < -0.4 is 5.73 Å². The number of ether oxygens (including phenoxy) is 2. The number of carbonyl (C=O) groups excluding carboxylic acids is 2. The van der Waals surface area contributed by atoms with Crippen LogP contribution in [-0.4, -0.2) is 138 Å². The van der Waals surface area contributed by atoms with Crippen LogP contribution in [0.15, 0.2) is 72.9 Å². The maximum absolute atomic E-state index is 13.4. The van der Waals surface area contributed by atoms with Crippen molar-refractivity contribution in [2.24, 2.45) is 5.73 Å². The average molecular weight is 1070 g/mol. The number of aliphatic hydroxyl groups is 6. The van der Waals surface area contributed by atoms with Crippen molar-refractivity contribution in [3.63, 3.8) is 0 Å². The Morgan fingerprint density at radius 2 is 1.14 bits per heavy atom. The summed E-state index contributed by atoms with van der Waals surface area (Å²) in [6.45, 7) is 2.83. The summed E-state index contributed by atoms with van der Waals surface area (Å²) < 4.78 is 33.8. The number of rotatable bonds is 44. The number of hydrogen-bond acceptors (Lipinski definition) is 16. The van der Waals surface area contributed by atoms with Crippen LogP contribution in [0.25, 0.3) is 0 Å². The van der Waals surface area contributed by atoms with Crippen LogP contribution in [-0.2, 0) is 37.5 Å². The summed E-state index contributed by atoms with van der Waals surface area (Å²) in [5, 5.41) is 70.1. The van der Waals surface area contributed by atoms with Crippen LogP contribution in [0.4, 0.5) is 0 Å². The van der Waals surface area contributed by atoms with Crippen molar-refractivity contribution in [2.75, 3.05) is 19.0 Å². The van der Waals surface area contributed by atoms with E-state index in [0.717, 1.165) is 76.0 Å². The second-order valence-corrected chi connectivity index (χ2v) is 21.2. The summed E-state index contributed by atoms with van der Waals surface area (Å²) in [5.74, 6) is -2.75. The molecule has 0 heterocycles. The number of phosphoric ester groups is 1. The molecule has 0 bridgehead atoms. The van der Waals surface area contributed by atoms with E-state index in [0.29, 0.717) is 6.42 Å². The Labute approximate surface area is 439 Å². The summed E-state index contributed by atoms with van der Waals surface area (Å²) in [7, 11) is -5.29. The Hall–Kier alpha value is -2.97. The fourth-order valence-corrected chi connectivity index (χ4v) is 9.66. The smallest absolute Gasteiger partial charge is 0.472 e. The third kappa shape index (κ3) is 34.3. The molecule has 73 heavy (non-hydrogen) atoms. The zero-order chi connectivity index (χ0) is 54.1. The Kier molecular flexibility index (Phi) is 40.2. The summed E-state index contributed by atoms with van der Waals surface area (Å²) in [5.41, 5.74) is 6.22. The first-order chi connectivity index (χ1) is 35.0. The highest BCUT2D eigenvalue weighted by Crippen LogP contribution is 2.47. The molecule has 1 rings (SSSR count). The van der Waals surface area contributed by atoms with Crippen molar-refractivity contribution in [1.82, 2.24) is 0 Å². The summed E-state index contributed by atoms with van der Waals surface area (Å²) >= 11 is 1.11. The minimum atomic E-state index is -5.29. The van der Waals surface area contributed by atoms with E-state index in [1.807, 2.05) is 18.2 Å². The van der Waals surface area contributed by atoms with Gasteiger partial charge in [0.2, 0.25) is 0 Å². The van der Waals surface area contributed by atoms with E-state index >= 15 is 0 Å². The molecular formula is C54H92NO16PS. The first-order valence-corrected chi connectivity index (χ1v) is 29.2. The predicted octanol–water partition coefficient (Wildman–Crippen LogP) is 8.38. The first kappa shape index (κ1) is 68.0. The lowest BCUT2D eigenvalue weighted by Gasteiger charge is -2.41. The Morgan fingerprint density at radius 3 is 1.70 bits per heavy atom. The quantitative estimate of drug-likeness (QED) is 0.00910. The van der Waals surface area contributed by atoms with Crippen LogP contribution in [0.3, 0.4) is 0 Å². The highest BCUT2D eigenvalue weighted by Gasteiger charge is 2.51. The molecule has 10 N–H and O–H groups in total. The third-order valence-electron chi connectivity index (χ3n) is 12.0. The molecule has 0 aromatic rings. The second kappa shape index (κ2) is 43.2. The van der Waals surface area contributed by atoms with Gasteiger partial charge >= 0.3 is 25.7 Å². The maximum atomic E-state index is 13.4. The first-order valence-electron chi connectivity index (χ1n) is 26.7. The van der Waals surface area contributed by atoms with Crippen LogP contribution in [0, 0.1) is 0 Å². The van der Waals surface area contributed by atoms with Crippen molar-refractivity contribution < 1.29 is 78.1 Å². The summed E-state index contributed by atoms with van der Waals surface area (Å²) in [4.78, 5) is 47.8. The Morgan fingerprint density at radius 1 is 0.630 bits per heavy atom. The molecule has 0 amide bonds. The van der Waals surface area contributed by atoms with Gasteiger partial charge in [-0.2, -0.15) is 0 Å². The number of hydrogen-bond donors (Lipinski definition) is 9. The van der Waals surface area contributed by atoms with E-state index in [2.05, 4.69) is 50.3 Å². The normalized spacial score (nSPS) is 22.2. The predicted molar refractivity (Wildman–Crippen MR) is 286 cm³/mol. The van der Waals surface area contributed by atoms with E-state index in [1.54, 1.807) is 18.2 Å². The van der Waals surface area contributed by atoms with E-state index in [9.17, 15) is 54.5 Å². The Bertz CT molecular complexity index is 1680. The molecule has 1 fully saturated rings. The van der Waals surface area contributed by atoms with E-state index in [-0.39, 0.29) is 31.4 Å². The summed E-state index contributed by atoms with van der Waals surface area (Å²) in [6, 6.07) is -1.34. The molecule has 1 aliphatic rings. The number of aliphatic hydroxyl groups excluding tert-OH is 6. The van der Waals surface area contributed by atoms with Gasteiger partial charge < -0.3 is 55.8 Å². The van der Waals surface area contributed by atoms with Crippen molar-refractivity contribution in [1.29, 1.82) is 0 Å². The molecule has 3 unspecified atom stereocenters. The number of allylic oxidation sites excluding steroid dienone is 11. The van der Waals surface area contributed by atoms with Gasteiger partial charge in [0.05, 0.1) is 12.7 Å². The minimum Gasteiger partial charge on any atom is -0.481 e. The molecule has 1 saturated carbocycles. The van der Waals surface area contributed by atoms with Crippen molar-refractivity contribution in [3.8, 4) is 0 Å². The number of thioether (sulfide) groups is 1. The topological polar surface area (TPSA) is 293 Å². The lowest BCUT2D eigenvalue weighted by atomic mass is 9.85. The second-order valence-electron chi connectivity index (χ2n) is 18.6. The van der Waals surface area contributed by atoms with Crippen molar-refractivity contribution in [2.45, 2.75) is 228 Å². The van der Waals surface area contributed by atoms with Crippen molar-refractivity contribution in [3.05, 3.63) is 72.9 Å². The number of carbonyl (C=O) groups is 3. The number of carboxylic acids is 1. The molecule has 0 aromatic carbocycles. The van der Waals surface area contributed by atoms with Gasteiger partial charge in [0, 0.05) is 23.8 Å². The number of phosphoric acid groups is 1. The number of carboxylic acid groups (broad SMARTS) is 1. The van der Waals surface area contributed by atoms with Gasteiger partial charge in [-0.05, 0) is 70.6 Å². The van der Waals surface area contributed by atoms with Crippen molar-refractivity contribution >= 4 is 37.5 Å². The van der Waals surface area contributed by atoms with Crippen LogP contribution in [0.1, 0.15) is 168 Å². The molecule has 420 valence electrons. The molecule has 1 aliphatic carbocycles. The fraction of sp³-hybridized carbons (Fsp3) is 0.722.